The third-order valence-corrected chi connectivity index (χ3v) is 7.72. The number of hydrogen-bond donors (Lipinski definition) is 1. The van der Waals surface area contributed by atoms with Crippen LogP contribution in [0, 0.1) is 6.92 Å². The first-order valence-corrected chi connectivity index (χ1v) is 12.4. The van der Waals surface area contributed by atoms with Gasteiger partial charge in [0.25, 0.3) is 5.91 Å². The molecule has 0 atom stereocenters. The van der Waals surface area contributed by atoms with Crippen LogP contribution >= 0.6 is 0 Å². The molecule has 0 unspecified atom stereocenters. The molecule has 32 heavy (non-hydrogen) atoms. The molecule has 1 aromatic carbocycles. The first kappa shape index (κ1) is 23.1. The van der Waals surface area contributed by atoms with E-state index in [1.54, 1.807) is 0 Å². The van der Waals surface area contributed by atoms with Crippen LogP contribution in [0.15, 0.2) is 28.7 Å². The van der Waals surface area contributed by atoms with Gasteiger partial charge in [0.05, 0.1) is 0 Å². The van der Waals surface area contributed by atoms with Crippen molar-refractivity contribution in [3.8, 4) is 0 Å². The second-order valence-electron chi connectivity index (χ2n) is 11.2. The highest BCUT2D eigenvalue weighted by Gasteiger charge is 2.37. The molecule has 2 aromatic rings. The zero-order chi connectivity index (χ0) is 22.9. The average Bonchev–Trinajstić information content (AvgIpc) is 3.22. The molecular weight excluding hydrogens is 396 g/mol. The van der Waals surface area contributed by atoms with Crippen molar-refractivity contribution in [3.63, 3.8) is 0 Å². The van der Waals surface area contributed by atoms with Gasteiger partial charge >= 0.3 is 0 Å². The number of furan rings is 1. The van der Waals surface area contributed by atoms with Gasteiger partial charge in [0, 0.05) is 19.5 Å². The van der Waals surface area contributed by atoms with Gasteiger partial charge in [-0.05, 0) is 90.9 Å². The first-order chi connectivity index (χ1) is 15.2. The highest BCUT2D eigenvalue weighted by molar-refractivity contribution is 5.91. The van der Waals surface area contributed by atoms with Gasteiger partial charge in [0.1, 0.15) is 5.76 Å². The van der Waals surface area contributed by atoms with Crippen molar-refractivity contribution in [2.45, 2.75) is 84.0 Å². The lowest BCUT2D eigenvalue weighted by Gasteiger charge is -2.42. The van der Waals surface area contributed by atoms with Crippen LogP contribution in [-0.2, 0) is 17.3 Å². The Bertz CT molecular complexity index is 964. The summed E-state index contributed by atoms with van der Waals surface area (Å²) in [6.07, 6.45) is 7.02. The normalized spacial score (nSPS) is 20.0. The highest BCUT2D eigenvalue weighted by atomic mass is 16.3. The summed E-state index contributed by atoms with van der Waals surface area (Å²) >= 11 is 0. The average molecular weight is 437 g/mol. The van der Waals surface area contributed by atoms with Crippen LogP contribution in [0.5, 0.6) is 0 Å². The Morgan fingerprint density at radius 1 is 1.00 bits per heavy atom. The Morgan fingerprint density at radius 2 is 1.66 bits per heavy atom. The monoisotopic (exact) mass is 436 g/mol. The Balaban J connectivity index is 1.42. The van der Waals surface area contributed by atoms with E-state index >= 15 is 0 Å². The summed E-state index contributed by atoms with van der Waals surface area (Å²) in [5, 5.41) is 3.02. The zero-order valence-electron chi connectivity index (χ0n) is 20.6. The van der Waals surface area contributed by atoms with E-state index in [1.807, 2.05) is 12.1 Å². The van der Waals surface area contributed by atoms with Crippen LogP contribution in [0.4, 0.5) is 0 Å². The van der Waals surface area contributed by atoms with Gasteiger partial charge in [-0.25, -0.2) is 0 Å². The van der Waals surface area contributed by atoms with E-state index in [-0.39, 0.29) is 16.7 Å². The molecule has 0 radical (unpaired) electrons. The summed E-state index contributed by atoms with van der Waals surface area (Å²) in [5.74, 6) is 1.15. The second-order valence-corrected chi connectivity index (χ2v) is 11.2. The molecule has 1 aliphatic heterocycles. The van der Waals surface area contributed by atoms with Crippen LogP contribution in [0.2, 0.25) is 0 Å². The van der Waals surface area contributed by atoms with E-state index in [4.69, 9.17) is 4.42 Å². The fourth-order valence-electron chi connectivity index (χ4n) is 5.34. The van der Waals surface area contributed by atoms with Gasteiger partial charge < -0.3 is 14.6 Å². The molecule has 0 spiro atoms. The van der Waals surface area contributed by atoms with E-state index in [2.05, 4.69) is 57.0 Å². The topological polar surface area (TPSA) is 45.5 Å². The smallest absolute Gasteiger partial charge is 0.287 e. The van der Waals surface area contributed by atoms with Crippen molar-refractivity contribution in [2.24, 2.45) is 0 Å². The minimum Gasteiger partial charge on any atom is -0.456 e. The van der Waals surface area contributed by atoms with Crippen LogP contribution < -0.4 is 5.32 Å². The molecule has 1 N–H and O–H groups in total. The molecule has 1 aliphatic carbocycles. The molecule has 1 saturated heterocycles. The quantitative estimate of drug-likeness (QED) is 0.628. The van der Waals surface area contributed by atoms with Crippen molar-refractivity contribution in [2.75, 3.05) is 26.2 Å². The summed E-state index contributed by atoms with van der Waals surface area (Å²) in [5.41, 5.74) is 5.97. The summed E-state index contributed by atoms with van der Waals surface area (Å²) in [4.78, 5) is 15.0. The van der Waals surface area contributed by atoms with Crippen molar-refractivity contribution in [1.29, 1.82) is 0 Å². The predicted molar refractivity (Wildman–Crippen MR) is 131 cm³/mol. The van der Waals surface area contributed by atoms with E-state index in [9.17, 15) is 4.79 Å². The first-order valence-electron chi connectivity index (χ1n) is 12.4. The maximum Gasteiger partial charge on any atom is 0.287 e. The van der Waals surface area contributed by atoms with Crippen LogP contribution in [-0.4, -0.2) is 37.0 Å². The zero-order valence-corrected chi connectivity index (χ0v) is 20.6. The Labute approximate surface area is 193 Å². The van der Waals surface area contributed by atoms with Crippen molar-refractivity contribution >= 4 is 5.91 Å². The number of amides is 1. The van der Waals surface area contributed by atoms with Gasteiger partial charge in [-0.2, -0.15) is 0 Å². The van der Waals surface area contributed by atoms with E-state index in [0.29, 0.717) is 12.3 Å². The molecule has 0 bridgehead atoms. The number of nitrogens with zero attached hydrogens (tertiary/aromatic N) is 1. The van der Waals surface area contributed by atoms with Gasteiger partial charge in [-0.1, -0.05) is 46.2 Å². The summed E-state index contributed by atoms with van der Waals surface area (Å²) in [6, 6.07) is 8.55. The van der Waals surface area contributed by atoms with E-state index in [1.165, 1.54) is 54.4 Å². The van der Waals surface area contributed by atoms with Crippen LogP contribution in [0.25, 0.3) is 0 Å². The van der Waals surface area contributed by atoms with Gasteiger partial charge in [0.15, 0.2) is 5.76 Å². The summed E-state index contributed by atoms with van der Waals surface area (Å²) < 4.78 is 5.96. The van der Waals surface area contributed by atoms with E-state index in [0.717, 1.165) is 31.8 Å². The molecule has 1 amide bonds. The lowest BCUT2D eigenvalue weighted by Crippen LogP contribution is -2.37. The van der Waals surface area contributed by atoms with Gasteiger partial charge in [0.2, 0.25) is 0 Å². The van der Waals surface area contributed by atoms with Crippen molar-refractivity contribution in [3.05, 3.63) is 58.0 Å². The molecule has 2 aliphatic rings. The maximum atomic E-state index is 12.5. The third-order valence-electron chi connectivity index (χ3n) is 7.72. The fraction of sp³-hybridized carbons (Fsp3) is 0.607. The summed E-state index contributed by atoms with van der Waals surface area (Å²) in [6.45, 7) is 15.5. The number of aryl methyl sites for hydroxylation is 1. The number of piperidine rings is 1. The molecule has 1 fully saturated rings. The molecule has 4 rings (SSSR count). The molecule has 0 saturated carbocycles. The van der Waals surface area contributed by atoms with Crippen molar-refractivity contribution in [1.82, 2.24) is 10.2 Å². The SMILES string of the molecule is Cc1cc2c(cc1Cc1ccc(C(=O)NCCN3CCCCC3)o1)C(C)(C)CCC2(C)C. The molecule has 4 nitrogen and oxygen atoms in total. The number of carbonyl (C=O) groups is 1. The molecule has 1 aromatic heterocycles. The number of likely N-dealkylation sites (tertiary alicyclic amines) is 1. The number of carbonyl (C=O) groups excluding carboxylic acids is 1. The van der Waals surface area contributed by atoms with Crippen LogP contribution in [0.1, 0.15) is 98.4 Å². The van der Waals surface area contributed by atoms with Gasteiger partial charge in [-0.15, -0.1) is 0 Å². The maximum absolute atomic E-state index is 12.5. The minimum absolute atomic E-state index is 0.113. The summed E-state index contributed by atoms with van der Waals surface area (Å²) in [7, 11) is 0. The Morgan fingerprint density at radius 3 is 2.34 bits per heavy atom. The number of benzene rings is 1. The molecule has 4 heteroatoms. The molecule has 174 valence electrons. The number of fused-ring (bicyclic) bond motifs is 1. The molecule has 2 heterocycles. The number of nitrogens with one attached hydrogen (secondary N) is 1. The third kappa shape index (κ3) is 4.96. The Hall–Kier alpha value is -2.07. The van der Waals surface area contributed by atoms with Crippen molar-refractivity contribution < 1.29 is 9.21 Å². The van der Waals surface area contributed by atoms with Crippen LogP contribution in [0.3, 0.4) is 0 Å². The number of rotatable bonds is 6. The number of hydrogen-bond acceptors (Lipinski definition) is 3. The minimum atomic E-state index is -0.113. The molecular formula is C28H40N2O2. The fourth-order valence-corrected chi connectivity index (χ4v) is 5.34. The predicted octanol–water partition coefficient (Wildman–Crippen LogP) is 5.74. The van der Waals surface area contributed by atoms with E-state index < -0.39 is 0 Å². The Kier molecular flexibility index (Phi) is 6.53. The lowest BCUT2D eigenvalue weighted by molar-refractivity contribution is 0.0917. The standard InChI is InChI=1S/C28H40N2O2/c1-20-17-23-24(28(4,5)12-11-27(23,2)3)19-21(20)18-22-9-10-25(32-22)26(31)29-13-16-30-14-7-6-8-15-30/h9-10,17,19H,6-8,11-16,18H2,1-5H3,(H,29,31). The van der Waals surface area contributed by atoms with Gasteiger partial charge in [-0.3, -0.25) is 4.79 Å². The highest BCUT2D eigenvalue weighted by Crippen LogP contribution is 2.46. The largest absolute Gasteiger partial charge is 0.456 e. The second kappa shape index (κ2) is 9.05. The lowest BCUT2D eigenvalue weighted by atomic mass is 9.62.